The number of thioether (sulfide) groups is 1. The van der Waals surface area contributed by atoms with Crippen molar-refractivity contribution in [3.8, 4) is 17.1 Å². The topological polar surface area (TPSA) is 78.9 Å². The van der Waals surface area contributed by atoms with Gasteiger partial charge in [-0.3, -0.25) is 0 Å². The molecule has 0 aliphatic rings. The summed E-state index contributed by atoms with van der Waals surface area (Å²) >= 11 is 1.54. The minimum absolute atomic E-state index is 0.0229. The van der Waals surface area contributed by atoms with E-state index in [2.05, 4.69) is 41.1 Å². The maximum absolute atomic E-state index is 5.43. The predicted octanol–water partition coefficient (Wildman–Crippen LogP) is 4.02. The molecule has 0 fully saturated rings. The molecule has 0 bridgehead atoms. The van der Waals surface area contributed by atoms with Gasteiger partial charge in [-0.05, 0) is 31.2 Å². The van der Waals surface area contributed by atoms with Gasteiger partial charge in [0.2, 0.25) is 5.89 Å². The summed E-state index contributed by atoms with van der Waals surface area (Å²) in [7, 11) is 3.60. The Morgan fingerprint density at radius 2 is 1.85 bits per heavy atom. The highest BCUT2D eigenvalue weighted by Gasteiger charge is 2.24. The van der Waals surface area contributed by atoms with E-state index in [0.29, 0.717) is 11.7 Å². The first-order valence-corrected chi connectivity index (χ1v) is 9.22. The van der Waals surface area contributed by atoms with Crippen molar-refractivity contribution in [2.24, 2.45) is 7.05 Å². The lowest BCUT2D eigenvalue weighted by molar-refractivity contribution is 0.364. The minimum atomic E-state index is -0.140. The highest BCUT2D eigenvalue weighted by molar-refractivity contribution is 7.99. The summed E-state index contributed by atoms with van der Waals surface area (Å²) in [6.07, 6.45) is 0. The molecule has 3 aromatic rings. The standard InChI is InChI=1S/C18H23N5O2S/c1-11(15-19-16(22-25-15)18(2,3)4)26-17-21-20-14(23(17)5)12-7-9-13(24-6)10-8-12/h7-11H,1-6H3. The lowest BCUT2D eigenvalue weighted by Crippen LogP contribution is -2.13. The summed E-state index contributed by atoms with van der Waals surface area (Å²) in [5.74, 6) is 2.90. The molecule has 0 aliphatic heterocycles. The number of nitrogens with zero attached hydrogens (tertiary/aromatic N) is 5. The molecule has 0 saturated carbocycles. The van der Waals surface area contributed by atoms with Crippen LogP contribution in [0.25, 0.3) is 11.4 Å². The summed E-state index contributed by atoms with van der Waals surface area (Å²) < 4.78 is 12.6. The van der Waals surface area contributed by atoms with Crippen molar-refractivity contribution in [1.29, 1.82) is 0 Å². The van der Waals surface area contributed by atoms with Crippen LogP contribution in [-0.4, -0.2) is 32.0 Å². The number of rotatable bonds is 5. The van der Waals surface area contributed by atoms with Gasteiger partial charge in [0.1, 0.15) is 5.75 Å². The van der Waals surface area contributed by atoms with Crippen molar-refractivity contribution in [2.45, 2.75) is 43.5 Å². The molecule has 26 heavy (non-hydrogen) atoms. The van der Waals surface area contributed by atoms with E-state index in [1.165, 1.54) is 11.8 Å². The third kappa shape index (κ3) is 3.75. The fourth-order valence-electron chi connectivity index (χ4n) is 2.32. The largest absolute Gasteiger partial charge is 0.497 e. The zero-order valence-electron chi connectivity index (χ0n) is 15.8. The van der Waals surface area contributed by atoms with Crippen LogP contribution in [0.4, 0.5) is 0 Å². The van der Waals surface area contributed by atoms with E-state index in [1.54, 1.807) is 7.11 Å². The van der Waals surface area contributed by atoms with E-state index >= 15 is 0 Å². The fourth-order valence-corrected chi connectivity index (χ4v) is 3.17. The number of aromatic nitrogens is 5. The van der Waals surface area contributed by atoms with Gasteiger partial charge >= 0.3 is 0 Å². The zero-order valence-corrected chi connectivity index (χ0v) is 16.7. The van der Waals surface area contributed by atoms with Crippen LogP contribution in [-0.2, 0) is 12.5 Å². The molecule has 1 aromatic carbocycles. The SMILES string of the molecule is COc1ccc(-c2nnc(SC(C)c3nc(C(C)(C)C)no3)n2C)cc1. The monoisotopic (exact) mass is 373 g/mol. The Morgan fingerprint density at radius 3 is 2.42 bits per heavy atom. The molecule has 2 heterocycles. The molecule has 8 heteroatoms. The number of hydrogen-bond donors (Lipinski definition) is 0. The molecule has 0 amide bonds. The van der Waals surface area contributed by atoms with Crippen molar-refractivity contribution in [1.82, 2.24) is 24.9 Å². The van der Waals surface area contributed by atoms with Gasteiger partial charge < -0.3 is 13.8 Å². The highest BCUT2D eigenvalue weighted by Crippen LogP contribution is 2.35. The molecule has 1 unspecified atom stereocenters. The van der Waals surface area contributed by atoms with E-state index in [1.807, 2.05) is 42.8 Å². The predicted molar refractivity (Wildman–Crippen MR) is 100 cm³/mol. The zero-order chi connectivity index (χ0) is 18.9. The van der Waals surface area contributed by atoms with Gasteiger partial charge in [-0.15, -0.1) is 10.2 Å². The molecule has 7 nitrogen and oxygen atoms in total. The fraction of sp³-hybridized carbons (Fsp3) is 0.444. The number of methoxy groups -OCH3 is 1. The van der Waals surface area contributed by atoms with Gasteiger partial charge in [-0.25, -0.2) is 0 Å². The second-order valence-corrected chi connectivity index (χ2v) is 8.37. The Balaban J connectivity index is 1.78. The maximum atomic E-state index is 5.43. The second-order valence-electron chi connectivity index (χ2n) is 7.06. The molecule has 0 spiro atoms. The van der Waals surface area contributed by atoms with Crippen LogP contribution in [0.5, 0.6) is 5.75 Å². The summed E-state index contributed by atoms with van der Waals surface area (Å²) in [6.45, 7) is 8.20. The quantitative estimate of drug-likeness (QED) is 0.625. The summed E-state index contributed by atoms with van der Waals surface area (Å²) in [5.41, 5.74) is 0.839. The molecule has 138 valence electrons. The smallest absolute Gasteiger partial charge is 0.239 e. The van der Waals surface area contributed by atoms with Crippen LogP contribution in [0, 0.1) is 0 Å². The van der Waals surface area contributed by atoms with Crippen LogP contribution in [0.1, 0.15) is 44.7 Å². The Kier molecular flexibility index (Phi) is 5.04. The van der Waals surface area contributed by atoms with E-state index in [9.17, 15) is 0 Å². The average Bonchev–Trinajstić information content (AvgIpc) is 3.23. The lowest BCUT2D eigenvalue weighted by Gasteiger charge is -2.11. The Labute approximate surface area is 157 Å². The van der Waals surface area contributed by atoms with Gasteiger partial charge in [0.05, 0.1) is 12.4 Å². The third-order valence-electron chi connectivity index (χ3n) is 3.93. The Morgan fingerprint density at radius 1 is 1.15 bits per heavy atom. The van der Waals surface area contributed by atoms with E-state index in [-0.39, 0.29) is 10.7 Å². The summed E-state index contributed by atoms with van der Waals surface area (Å²) in [4.78, 5) is 4.52. The molecule has 0 aliphatic carbocycles. The van der Waals surface area contributed by atoms with Gasteiger partial charge in [-0.1, -0.05) is 37.7 Å². The van der Waals surface area contributed by atoms with Crippen molar-refractivity contribution < 1.29 is 9.26 Å². The van der Waals surface area contributed by atoms with E-state index in [4.69, 9.17) is 9.26 Å². The van der Waals surface area contributed by atoms with E-state index in [0.717, 1.165) is 22.3 Å². The molecule has 2 aromatic heterocycles. The number of hydrogen-bond acceptors (Lipinski definition) is 7. The van der Waals surface area contributed by atoms with Crippen molar-refractivity contribution in [2.75, 3.05) is 7.11 Å². The van der Waals surface area contributed by atoms with Gasteiger partial charge in [-0.2, -0.15) is 4.98 Å². The van der Waals surface area contributed by atoms with Crippen LogP contribution >= 0.6 is 11.8 Å². The molecule has 0 N–H and O–H groups in total. The van der Waals surface area contributed by atoms with Crippen molar-refractivity contribution in [3.05, 3.63) is 36.0 Å². The van der Waals surface area contributed by atoms with Gasteiger partial charge in [0.15, 0.2) is 16.8 Å². The molecular weight excluding hydrogens is 350 g/mol. The normalized spacial score (nSPS) is 13.0. The molecule has 1 atom stereocenters. The van der Waals surface area contributed by atoms with Gasteiger partial charge in [0.25, 0.3) is 0 Å². The highest BCUT2D eigenvalue weighted by atomic mass is 32.2. The molecular formula is C18H23N5O2S. The van der Waals surface area contributed by atoms with Crippen molar-refractivity contribution >= 4 is 11.8 Å². The number of benzene rings is 1. The molecule has 3 rings (SSSR count). The first-order chi connectivity index (χ1) is 12.3. The lowest BCUT2D eigenvalue weighted by atomic mass is 9.96. The molecule has 0 saturated heterocycles. The first kappa shape index (κ1) is 18.4. The number of ether oxygens (including phenoxy) is 1. The van der Waals surface area contributed by atoms with E-state index < -0.39 is 0 Å². The van der Waals surface area contributed by atoms with Crippen LogP contribution in [0.2, 0.25) is 0 Å². The summed E-state index contributed by atoms with van der Waals surface area (Å²) in [5, 5.41) is 13.5. The van der Waals surface area contributed by atoms with Crippen LogP contribution in [0.15, 0.2) is 33.9 Å². The third-order valence-corrected chi connectivity index (χ3v) is 5.05. The average molecular weight is 373 g/mol. The Hall–Kier alpha value is -2.35. The minimum Gasteiger partial charge on any atom is -0.497 e. The Bertz CT molecular complexity index is 880. The molecule has 0 radical (unpaired) electrons. The summed E-state index contributed by atoms with van der Waals surface area (Å²) in [6, 6.07) is 7.75. The second kappa shape index (κ2) is 7.11. The van der Waals surface area contributed by atoms with Crippen LogP contribution < -0.4 is 4.74 Å². The van der Waals surface area contributed by atoms with Gasteiger partial charge in [0, 0.05) is 18.0 Å². The maximum Gasteiger partial charge on any atom is 0.239 e. The van der Waals surface area contributed by atoms with Crippen LogP contribution in [0.3, 0.4) is 0 Å². The first-order valence-electron chi connectivity index (χ1n) is 8.34. The van der Waals surface area contributed by atoms with Crippen molar-refractivity contribution in [3.63, 3.8) is 0 Å².